The number of alkyl halides is 3. The summed E-state index contributed by atoms with van der Waals surface area (Å²) < 4.78 is 42.5. The van der Waals surface area contributed by atoms with Crippen molar-refractivity contribution in [2.75, 3.05) is 18.0 Å². The van der Waals surface area contributed by atoms with E-state index in [0.29, 0.717) is 53.9 Å². The van der Waals surface area contributed by atoms with Crippen molar-refractivity contribution in [1.29, 1.82) is 0 Å². The predicted molar refractivity (Wildman–Crippen MR) is 118 cm³/mol. The molecule has 1 fully saturated rings. The molecule has 5 rings (SSSR count). The second-order valence-electron chi connectivity index (χ2n) is 7.91. The van der Waals surface area contributed by atoms with Crippen LogP contribution in [0, 0.1) is 0 Å². The molecule has 1 aliphatic heterocycles. The largest absolute Gasteiger partial charge is 0.573 e. The summed E-state index contributed by atoms with van der Waals surface area (Å²) in [6.07, 6.45) is 0.0281. The van der Waals surface area contributed by atoms with Crippen molar-refractivity contribution < 1.29 is 17.9 Å². The van der Waals surface area contributed by atoms with Crippen LogP contribution in [-0.2, 0) is 0 Å². The maximum atomic E-state index is 13.3. The molecule has 0 unspecified atom stereocenters. The molecule has 0 atom stereocenters. The van der Waals surface area contributed by atoms with E-state index in [9.17, 15) is 18.0 Å². The molecule has 1 aliphatic rings. The van der Waals surface area contributed by atoms with Gasteiger partial charge in [-0.2, -0.15) is 0 Å². The van der Waals surface area contributed by atoms with Gasteiger partial charge in [-0.05, 0) is 54.3 Å². The molecule has 0 saturated carbocycles. The van der Waals surface area contributed by atoms with Gasteiger partial charge < -0.3 is 9.64 Å². The lowest BCUT2D eigenvalue weighted by Crippen LogP contribution is -2.39. The van der Waals surface area contributed by atoms with Crippen LogP contribution in [-0.4, -0.2) is 44.4 Å². The SMILES string of the molecule is O=c1c2cc(-c3ccc(OC(F)(F)F)cc3)ccc2nnn1C1CCN(c2ncccn2)CC1. The lowest BCUT2D eigenvalue weighted by atomic mass is 10.0. The fourth-order valence-electron chi connectivity index (χ4n) is 4.09. The second-order valence-corrected chi connectivity index (χ2v) is 7.91. The van der Waals surface area contributed by atoms with E-state index < -0.39 is 6.36 Å². The quantitative estimate of drug-likeness (QED) is 0.448. The summed E-state index contributed by atoms with van der Waals surface area (Å²) in [6, 6.07) is 12.3. The number of hydrogen-bond donors (Lipinski definition) is 0. The molecular formula is C23H19F3N6O2. The Kier molecular flexibility index (Phi) is 5.60. The predicted octanol–water partition coefficient (Wildman–Crippen LogP) is 3.99. The van der Waals surface area contributed by atoms with Gasteiger partial charge in [0.1, 0.15) is 11.3 Å². The Labute approximate surface area is 191 Å². The molecule has 0 spiro atoms. The molecule has 0 bridgehead atoms. The van der Waals surface area contributed by atoms with Crippen molar-refractivity contribution in [2.24, 2.45) is 0 Å². The number of anilines is 1. The summed E-state index contributed by atoms with van der Waals surface area (Å²) in [7, 11) is 0. The number of rotatable bonds is 4. The first kappa shape index (κ1) is 21.8. The highest BCUT2D eigenvalue weighted by Crippen LogP contribution is 2.28. The van der Waals surface area contributed by atoms with Crippen molar-refractivity contribution in [3.8, 4) is 16.9 Å². The molecule has 4 aromatic rings. The topological polar surface area (TPSA) is 86.0 Å². The second kappa shape index (κ2) is 8.73. The van der Waals surface area contributed by atoms with E-state index in [0.717, 1.165) is 0 Å². The van der Waals surface area contributed by atoms with Gasteiger partial charge in [-0.15, -0.1) is 18.3 Å². The minimum absolute atomic E-state index is 0.105. The van der Waals surface area contributed by atoms with Gasteiger partial charge in [-0.1, -0.05) is 23.4 Å². The first-order valence-electron chi connectivity index (χ1n) is 10.6. The summed E-state index contributed by atoms with van der Waals surface area (Å²) in [5.74, 6) is 0.353. The third-order valence-electron chi connectivity index (χ3n) is 5.75. The Morgan fingerprint density at radius 2 is 1.62 bits per heavy atom. The van der Waals surface area contributed by atoms with E-state index in [-0.39, 0.29) is 17.4 Å². The number of halogens is 3. The molecule has 174 valence electrons. The van der Waals surface area contributed by atoms with Crippen molar-refractivity contribution in [2.45, 2.75) is 25.2 Å². The summed E-state index contributed by atoms with van der Waals surface area (Å²) in [6.45, 7) is 1.38. The average Bonchev–Trinajstić information content (AvgIpc) is 2.84. The third-order valence-corrected chi connectivity index (χ3v) is 5.75. The van der Waals surface area contributed by atoms with E-state index in [4.69, 9.17) is 0 Å². The van der Waals surface area contributed by atoms with E-state index in [1.165, 1.54) is 28.9 Å². The zero-order chi connectivity index (χ0) is 23.7. The van der Waals surface area contributed by atoms with Gasteiger partial charge in [0.05, 0.1) is 11.4 Å². The maximum Gasteiger partial charge on any atom is 0.573 e. The van der Waals surface area contributed by atoms with Crippen LogP contribution in [0.15, 0.2) is 65.7 Å². The molecule has 0 N–H and O–H groups in total. The normalized spacial score (nSPS) is 15.0. The molecule has 34 heavy (non-hydrogen) atoms. The summed E-state index contributed by atoms with van der Waals surface area (Å²) in [5.41, 5.74) is 1.53. The molecule has 8 nitrogen and oxygen atoms in total. The molecule has 3 heterocycles. The van der Waals surface area contributed by atoms with Crippen LogP contribution in [0.2, 0.25) is 0 Å². The first-order chi connectivity index (χ1) is 16.4. The fourth-order valence-corrected chi connectivity index (χ4v) is 4.09. The van der Waals surface area contributed by atoms with Gasteiger partial charge >= 0.3 is 6.36 Å². The highest BCUT2D eigenvalue weighted by Gasteiger charge is 2.31. The Balaban J connectivity index is 1.38. The molecule has 2 aromatic carbocycles. The molecule has 0 aliphatic carbocycles. The third kappa shape index (κ3) is 4.54. The van der Waals surface area contributed by atoms with Crippen LogP contribution in [0.25, 0.3) is 22.0 Å². The average molecular weight is 468 g/mol. The number of aromatic nitrogens is 5. The summed E-state index contributed by atoms with van der Waals surface area (Å²) >= 11 is 0. The number of benzene rings is 2. The van der Waals surface area contributed by atoms with Crippen LogP contribution < -0.4 is 15.2 Å². The monoisotopic (exact) mass is 468 g/mol. The Morgan fingerprint density at radius 3 is 2.29 bits per heavy atom. The highest BCUT2D eigenvalue weighted by molar-refractivity contribution is 5.83. The van der Waals surface area contributed by atoms with E-state index >= 15 is 0 Å². The van der Waals surface area contributed by atoms with Crippen LogP contribution in [0.3, 0.4) is 0 Å². The van der Waals surface area contributed by atoms with Gasteiger partial charge in [-0.3, -0.25) is 4.79 Å². The molecule has 2 aromatic heterocycles. The molecule has 1 saturated heterocycles. The minimum atomic E-state index is -4.75. The molecule has 0 amide bonds. The smallest absolute Gasteiger partial charge is 0.406 e. The lowest BCUT2D eigenvalue weighted by Gasteiger charge is -2.31. The first-order valence-corrected chi connectivity index (χ1v) is 10.6. The van der Waals surface area contributed by atoms with Crippen molar-refractivity contribution in [3.05, 3.63) is 71.3 Å². The Hall–Kier alpha value is -4.02. The van der Waals surface area contributed by atoms with Gasteiger partial charge in [0.2, 0.25) is 5.95 Å². The molecular weight excluding hydrogens is 449 g/mol. The zero-order valence-corrected chi connectivity index (χ0v) is 17.8. The lowest BCUT2D eigenvalue weighted by molar-refractivity contribution is -0.274. The van der Waals surface area contributed by atoms with E-state index in [2.05, 4.69) is 29.9 Å². The zero-order valence-electron chi connectivity index (χ0n) is 17.8. The summed E-state index contributed by atoms with van der Waals surface area (Å²) in [5, 5.41) is 8.77. The highest BCUT2D eigenvalue weighted by atomic mass is 19.4. The summed E-state index contributed by atoms with van der Waals surface area (Å²) in [4.78, 5) is 23.9. The van der Waals surface area contributed by atoms with Crippen LogP contribution in [0.4, 0.5) is 19.1 Å². The number of ether oxygens (including phenoxy) is 1. The van der Waals surface area contributed by atoms with Crippen LogP contribution >= 0.6 is 0 Å². The number of nitrogens with zero attached hydrogens (tertiary/aromatic N) is 6. The fraction of sp³-hybridized carbons (Fsp3) is 0.261. The number of fused-ring (bicyclic) bond motifs is 1. The van der Waals surface area contributed by atoms with Gasteiger partial charge in [0.25, 0.3) is 5.56 Å². The standard InChI is InChI=1S/C23H19F3N6O2/c24-23(25,26)34-18-5-2-15(3-6-18)16-4-7-20-19(14-16)21(33)32(30-29-20)17-8-12-31(13-9-17)22-27-10-1-11-28-22/h1-7,10-11,14,17H,8-9,12-13H2. The Morgan fingerprint density at radius 1 is 0.941 bits per heavy atom. The van der Waals surface area contributed by atoms with Gasteiger partial charge in [0, 0.05) is 25.5 Å². The molecule has 0 radical (unpaired) electrons. The van der Waals surface area contributed by atoms with Crippen molar-refractivity contribution in [3.63, 3.8) is 0 Å². The number of hydrogen-bond acceptors (Lipinski definition) is 7. The maximum absolute atomic E-state index is 13.3. The van der Waals surface area contributed by atoms with Crippen LogP contribution in [0.5, 0.6) is 5.75 Å². The van der Waals surface area contributed by atoms with Crippen molar-refractivity contribution in [1.82, 2.24) is 25.0 Å². The van der Waals surface area contributed by atoms with Gasteiger partial charge in [0.15, 0.2) is 0 Å². The minimum Gasteiger partial charge on any atom is -0.406 e. The number of piperidine rings is 1. The van der Waals surface area contributed by atoms with Crippen molar-refractivity contribution >= 4 is 16.9 Å². The Bertz CT molecular complexity index is 1350. The van der Waals surface area contributed by atoms with Crippen LogP contribution in [0.1, 0.15) is 18.9 Å². The van der Waals surface area contributed by atoms with Gasteiger partial charge in [-0.25, -0.2) is 14.6 Å². The van der Waals surface area contributed by atoms with E-state index in [1.807, 2.05) is 0 Å². The van der Waals surface area contributed by atoms with E-state index in [1.54, 1.807) is 36.7 Å². The molecule has 11 heteroatoms.